The monoisotopic (exact) mass is 226 g/mol. The zero-order valence-electron chi connectivity index (χ0n) is 9.03. The summed E-state index contributed by atoms with van der Waals surface area (Å²) < 4.78 is 13.1. The molecule has 0 aliphatic rings. The van der Waals surface area contributed by atoms with Crippen molar-refractivity contribution in [1.82, 2.24) is 5.32 Å². The van der Waals surface area contributed by atoms with Gasteiger partial charge in [-0.2, -0.15) is 0 Å². The number of aliphatic hydroxyl groups excluding tert-OH is 1. The Morgan fingerprint density at radius 2 is 2.31 bits per heavy atom. The molecule has 0 radical (unpaired) electrons. The SMILES string of the molecule is CC(CCO)NC(=O)c1cccc(F)c1N. The van der Waals surface area contributed by atoms with E-state index in [4.69, 9.17) is 10.8 Å². The van der Waals surface area contributed by atoms with Crippen LogP contribution in [0.4, 0.5) is 10.1 Å². The highest BCUT2D eigenvalue weighted by atomic mass is 19.1. The maximum atomic E-state index is 13.1. The van der Waals surface area contributed by atoms with Crippen molar-refractivity contribution in [2.45, 2.75) is 19.4 Å². The summed E-state index contributed by atoms with van der Waals surface area (Å²) >= 11 is 0. The van der Waals surface area contributed by atoms with Crippen LogP contribution in [0.1, 0.15) is 23.7 Å². The first kappa shape index (κ1) is 12.4. The number of nitrogen functional groups attached to an aromatic ring is 1. The van der Waals surface area contributed by atoms with Crippen LogP contribution in [0.25, 0.3) is 0 Å². The van der Waals surface area contributed by atoms with Gasteiger partial charge in [0.25, 0.3) is 5.91 Å². The van der Waals surface area contributed by atoms with Crippen molar-refractivity contribution in [1.29, 1.82) is 0 Å². The fourth-order valence-electron chi connectivity index (χ4n) is 1.30. The molecule has 0 spiro atoms. The first-order valence-corrected chi connectivity index (χ1v) is 5.02. The summed E-state index contributed by atoms with van der Waals surface area (Å²) in [5.41, 5.74) is 5.41. The van der Waals surface area contributed by atoms with Gasteiger partial charge in [0.05, 0.1) is 11.3 Å². The highest BCUT2D eigenvalue weighted by Gasteiger charge is 2.14. The highest BCUT2D eigenvalue weighted by Crippen LogP contribution is 2.15. The molecule has 0 bridgehead atoms. The Morgan fingerprint density at radius 1 is 1.62 bits per heavy atom. The zero-order chi connectivity index (χ0) is 12.1. The van der Waals surface area contributed by atoms with Crippen LogP contribution in [0.5, 0.6) is 0 Å². The molecule has 0 fully saturated rings. The molecule has 0 heterocycles. The number of hydrogen-bond acceptors (Lipinski definition) is 3. The molecule has 1 aromatic rings. The van der Waals surface area contributed by atoms with Crippen molar-refractivity contribution in [2.75, 3.05) is 12.3 Å². The summed E-state index contributed by atoms with van der Waals surface area (Å²) in [7, 11) is 0. The van der Waals surface area contributed by atoms with Crippen molar-refractivity contribution in [3.8, 4) is 0 Å². The molecule has 1 atom stereocenters. The molecule has 4 N–H and O–H groups in total. The second-order valence-electron chi connectivity index (χ2n) is 3.59. The Kier molecular flexibility index (Phi) is 4.25. The van der Waals surface area contributed by atoms with E-state index in [9.17, 15) is 9.18 Å². The number of nitrogens with two attached hydrogens (primary N) is 1. The van der Waals surface area contributed by atoms with Crippen molar-refractivity contribution >= 4 is 11.6 Å². The van der Waals surface area contributed by atoms with Gasteiger partial charge < -0.3 is 16.2 Å². The van der Waals surface area contributed by atoms with Crippen molar-refractivity contribution in [3.63, 3.8) is 0 Å². The molecule has 5 heteroatoms. The second-order valence-corrected chi connectivity index (χ2v) is 3.59. The van der Waals surface area contributed by atoms with E-state index in [0.29, 0.717) is 6.42 Å². The van der Waals surface area contributed by atoms with Crippen LogP contribution < -0.4 is 11.1 Å². The minimum absolute atomic E-state index is 0.0138. The van der Waals surface area contributed by atoms with Gasteiger partial charge in [-0.25, -0.2) is 4.39 Å². The third-order valence-corrected chi connectivity index (χ3v) is 2.24. The number of carbonyl (C=O) groups is 1. The third kappa shape index (κ3) is 2.93. The number of aliphatic hydroxyl groups is 1. The Labute approximate surface area is 93.3 Å². The van der Waals surface area contributed by atoms with Gasteiger partial charge in [0.15, 0.2) is 0 Å². The summed E-state index contributed by atoms with van der Waals surface area (Å²) in [5.74, 6) is -1.04. The van der Waals surface area contributed by atoms with Gasteiger partial charge >= 0.3 is 0 Å². The number of para-hydroxylation sites is 1. The minimum atomic E-state index is -0.609. The van der Waals surface area contributed by atoms with Gasteiger partial charge in [-0.3, -0.25) is 4.79 Å². The molecule has 0 aliphatic heterocycles. The molecule has 0 saturated heterocycles. The molecular formula is C11H15FN2O2. The Bertz CT molecular complexity index is 382. The molecule has 0 aromatic heterocycles. The number of rotatable bonds is 4. The quantitative estimate of drug-likeness (QED) is 0.668. The lowest BCUT2D eigenvalue weighted by atomic mass is 10.1. The van der Waals surface area contributed by atoms with E-state index >= 15 is 0 Å². The fourth-order valence-corrected chi connectivity index (χ4v) is 1.30. The molecule has 0 aliphatic carbocycles. The van der Waals surface area contributed by atoms with Crippen molar-refractivity contribution in [3.05, 3.63) is 29.6 Å². The van der Waals surface area contributed by atoms with Crippen LogP contribution >= 0.6 is 0 Å². The highest BCUT2D eigenvalue weighted by molar-refractivity contribution is 5.99. The average molecular weight is 226 g/mol. The summed E-state index contributed by atoms with van der Waals surface area (Å²) in [6, 6.07) is 3.90. The average Bonchev–Trinajstić information content (AvgIpc) is 2.22. The van der Waals surface area contributed by atoms with Crippen molar-refractivity contribution < 1.29 is 14.3 Å². The fraction of sp³-hybridized carbons (Fsp3) is 0.364. The van der Waals surface area contributed by atoms with Gasteiger partial charge in [-0.1, -0.05) is 6.07 Å². The largest absolute Gasteiger partial charge is 0.396 e. The van der Waals surface area contributed by atoms with Gasteiger partial charge in [-0.15, -0.1) is 0 Å². The Balaban J connectivity index is 2.77. The van der Waals surface area contributed by atoms with E-state index in [1.54, 1.807) is 6.92 Å². The number of anilines is 1. The van der Waals surface area contributed by atoms with E-state index in [1.807, 2.05) is 0 Å². The first-order chi connectivity index (χ1) is 7.56. The molecule has 1 rings (SSSR count). The van der Waals surface area contributed by atoms with Gasteiger partial charge in [0, 0.05) is 12.6 Å². The van der Waals surface area contributed by atoms with Crippen LogP contribution in [0, 0.1) is 5.82 Å². The topological polar surface area (TPSA) is 75.3 Å². The van der Waals surface area contributed by atoms with Crippen LogP contribution in [0.15, 0.2) is 18.2 Å². The lowest BCUT2D eigenvalue weighted by Gasteiger charge is -2.13. The molecule has 1 amide bonds. The summed E-state index contributed by atoms with van der Waals surface area (Å²) in [6.07, 6.45) is 0.445. The van der Waals surface area contributed by atoms with E-state index < -0.39 is 11.7 Å². The zero-order valence-corrected chi connectivity index (χ0v) is 9.03. The van der Waals surface area contributed by atoms with E-state index in [-0.39, 0.29) is 23.9 Å². The van der Waals surface area contributed by atoms with E-state index in [0.717, 1.165) is 0 Å². The van der Waals surface area contributed by atoms with Gasteiger partial charge in [0.2, 0.25) is 0 Å². The van der Waals surface area contributed by atoms with E-state index in [2.05, 4.69) is 5.32 Å². The van der Waals surface area contributed by atoms with E-state index in [1.165, 1.54) is 18.2 Å². The molecule has 88 valence electrons. The lowest BCUT2D eigenvalue weighted by molar-refractivity contribution is 0.0935. The van der Waals surface area contributed by atoms with Gasteiger partial charge in [-0.05, 0) is 25.5 Å². The van der Waals surface area contributed by atoms with Crippen LogP contribution in [-0.4, -0.2) is 23.7 Å². The molecule has 0 saturated carbocycles. The molecular weight excluding hydrogens is 211 g/mol. The Morgan fingerprint density at radius 3 is 2.94 bits per heavy atom. The number of hydrogen-bond donors (Lipinski definition) is 3. The second kappa shape index (κ2) is 5.46. The normalized spacial score (nSPS) is 12.2. The molecule has 16 heavy (non-hydrogen) atoms. The maximum Gasteiger partial charge on any atom is 0.253 e. The number of halogens is 1. The summed E-state index contributed by atoms with van der Waals surface area (Å²) in [4.78, 5) is 11.7. The smallest absolute Gasteiger partial charge is 0.253 e. The lowest BCUT2D eigenvalue weighted by Crippen LogP contribution is -2.33. The van der Waals surface area contributed by atoms with Crippen LogP contribution in [-0.2, 0) is 0 Å². The maximum absolute atomic E-state index is 13.1. The molecule has 1 aromatic carbocycles. The van der Waals surface area contributed by atoms with Crippen LogP contribution in [0.3, 0.4) is 0 Å². The minimum Gasteiger partial charge on any atom is -0.396 e. The van der Waals surface area contributed by atoms with Crippen LogP contribution in [0.2, 0.25) is 0 Å². The predicted molar refractivity (Wildman–Crippen MR) is 59.4 cm³/mol. The summed E-state index contributed by atoms with van der Waals surface area (Å²) in [6.45, 7) is 1.74. The predicted octanol–water partition coefficient (Wildman–Crippen LogP) is 0.909. The number of benzene rings is 1. The Hall–Kier alpha value is -1.62. The molecule has 1 unspecified atom stereocenters. The van der Waals surface area contributed by atoms with Gasteiger partial charge in [0.1, 0.15) is 5.82 Å². The molecule has 4 nitrogen and oxygen atoms in total. The standard InChI is InChI=1S/C11H15FN2O2/c1-7(5-6-15)14-11(16)8-3-2-4-9(12)10(8)13/h2-4,7,15H,5-6,13H2,1H3,(H,14,16). The van der Waals surface area contributed by atoms with Crippen molar-refractivity contribution in [2.24, 2.45) is 0 Å². The number of carbonyl (C=O) groups excluding carboxylic acids is 1. The summed E-state index contributed by atoms with van der Waals surface area (Å²) in [5, 5.41) is 11.3. The number of nitrogens with one attached hydrogen (secondary N) is 1. The number of amides is 1. The first-order valence-electron chi connectivity index (χ1n) is 5.02. The third-order valence-electron chi connectivity index (χ3n) is 2.24.